The average molecular weight is 454 g/mol. The predicted molar refractivity (Wildman–Crippen MR) is 121 cm³/mol. The third kappa shape index (κ3) is 4.11. The van der Waals surface area contributed by atoms with Gasteiger partial charge in [0.25, 0.3) is 0 Å². The molecular formula is C25H24ClNO5. The van der Waals surface area contributed by atoms with Crippen molar-refractivity contribution in [2.24, 2.45) is 0 Å². The third-order valence-corrected chi connectivity index (χ3v) is 5.94. The van der Waals surface area contributed by atoms with E-state index < -0.39 is 17.9 Å². The summed E-state index contributed by atoms with van der Waals surface area (Å²) in [5.74, 6) is 1.32. The number of hydrogen-bond donors (Lipinski definition) is 1. The Morgan fingerprint density at radius 1 is 0.938 bits per heavy atom. The normalized spacial score (nSPS) is 20.2. The van der Waals surface area contributed by atoms with Gasteiger partial charge in [-0.1, -0.05) is 48.0 Å². The zero-order valence-corrected chi connectivity index (χ0v) is 18.6. The summed E-state index contributed by atoms with van der Waals surface area (Å²) < 4.78 is 16.2. The monoisotopic (exact) mass is 453 g/mol. The Hall–Kier alpha value is -3.22. The van der Waals surface area contributed by atoms with Crippen LogP contribution >= 0.6 is 11.6 Å². The molecule has 0 unspecified atom stereocenters. The number of carbonyl (C=O) groups is 1. The van der Waals surface area contributed by atoms with Gasteiger partial charge in [0.1, 0.15) is 11.5 Å². The molecule has 1 fully saturated rings. The lowest BCUT2D eigenvalue weighted by atomic mass is 9.91. The SMILES string of the molecule is COc1ccc([C@@H]2OC(=O)N(CCc3ccc(Cl)cc3)[C@@]2(O)c2ccc(OC)cc2)cc1. The molecule has 7 heteroatoms. The lowest BCUT2D eigenvalue weighted by Gasteiger charge is -2.35. The molecule has 0 radical (unpaired) electrons. The Kier molecular flexibility index (Phi) is 6.26. The van der Waals surface area contributed by atoms with Gasteiger partial charge < -0.3 is 19.3 Å². The van der Waals surface area contributed by atoms with Crippen LogP contribution in [0.4, 0.5) is 4.79 Å². The Bertz CT molecular complexity index is 1070. The van der Waals surface area contributed by atoms with Gasteiger partial charge in [0.2, 0.25) is 5.72 Å². The molecule has 1 saturated heterocycles. The molecule has 32 heavy (non-hydrogen) atoms. The van der Waals surface area contributed by atoms with Crippen molar-refractivity contribution in [2.45, 2.75) is 18.2 Å². The van der Waals surface area contributed by atoms with Gasteiger partial charge in [0, 0.05) is 17.1 Å². The van der Waals surface area contributed by atoms with E-state index in [1.54, 1.807) is 74.9 Å². The molecule has 166 valence electrons. The maximum atomic E-state index is 12.9. The van der Waals surface area contributed by atoms with Crippen molar-refractivity contribution in [3.05, 3.63) is 94.5 Å². The molecule has 1 aliphatic rings. The standard InChI is InChI=1S/C25H24ClNO5/c1-30-21-11-5-18(6-12-21)23-25(29,19-7-13-22(31-2)14-8-19)27(24(28)32-23)16-15-17-3-9-20(26)10-4-17/h3-14,23,29H,15-16H2,1-2H3/t23-,25+/m0/s1. The van der Waals surface area contributed by atoms with Gasteiger partial charge in [0.15, 0.2) is 6.10 Å². The minimum atomic E-state index is -1.70. The topological polar surface area (TPSA) is 68.2 Å². The van der Waals surface area contributed by atoms with Crippen molar-refractivity contribution in [1.82, 2.24) is 4.90 Å². The first-order valence-corrected chi connectivity index (χ1v) is 10.6. The lowest BCUT2D eigenvalue weighted by Crippen LogP contribution is -2.46. The molecule has 2 atom stereocenters. The summed E-state index contributed by atoms with van der Waals surface area (Å²) in [7, 11) is 3.15. The molecule has 3 aromatic rings. The van der Waals surface area contributed by atoms with Crippen LogP contribution in [-0.4, -0.2) is 36.9 Å². The van der Waals surface area contributed by atoms with Gasteiger partial charge in [-0.05, 0) is 53.9 Å². The van der Waals surface area contributed by atoms with Crippen LogP contribution in [0.1, 0.15) is 22.8 Å². The van der Waals surface area contributed by atoms with E-state index in [1.165, 1.54) is 4.90 Å². The van der Waals surface area contributed by atoms with Crippen LogP contribution in [0.5, 0.6) is 11.5 Å². The van der Waals surface area contributed by atoms with E-state index in [-0.39, 0.29) is 6.54 Å². The highest BCUT2D eigenvalue weighted by molar-refractivity contribution is 6.30. The van der Waals surface area contributed by atoms with Crippen LogP contribution < -0.4 is 9.47 Å². The lowest BCUT2D eigenvalue weighted by molar-refractivity contribution is -0.109. The van der Waals surface area contributed by atoms with Gasteiger partial charge in [-0.25, -0.2) is 4.79 Å². The number of halogens is 1. The number of amides is 1. The molecule has 1 amide bonds. The summed E-state index contributed by atoms with van der Waals surface area (Å²) in [6.45, 7) is 0.260. The van der Waals surface area contributed by atoms with Gasteiger partial charge >= 0.3 is 6.09 Å². The van der Waals surface area contributed by atoms with E-state index in [9.17, 15) is 9.90 Å². The second-order valence-corrected chi connectivity index (χ2v) is 7.96. The van der Waals surface area contributed by atoms with Crippen molar-refractivity contribution in [1.29, 1.82) is 0 Å². The minimum absolute atomic E-state index is 0.260. The van der Waals surface area contributed by atoms with Crippen LogP contribution in [0.2, 0.25) is 5.02 Å². The van der Waals surface area contributed by atoms with Crippen LogP contribution in [0.25, 0.3) is 0 Å². The zero-order chi connectivity index (χ0) is 22.7. The molecular weight excluding hydrogens is 430 g/mol. The number of aliphatic hydroxyl groups is 1. The van der Waals surface area contributed by atoms with Crippen molar-refractivity contribution >= 4 is 17.7 Å². The first-order chi connectivity index (χ1) is 15.5. The Labute approximate surface area is 191 Å². The molecule has 4 rings (SSSR count). The Morgan fingerprint density at radius 3 is 2.06 bits per heavy atom. The molecule has 6 nitrogen and oxygen atoms in total. The van der Waals surface area contributed by atoms with Gasteiger partial charge in [0.05, 0.1) is 14.2 Å². The second-order valence-electron chi connectivity index (χ2n) is 7.52. The minimum Gasteiger partial charge on any atom is -0.497 e. The maximum absolute atomic E-state index is 12.9. The smallest absolute Gasteiger partial charge is 0.413 e. The molecule has 1 aliphatic heterocycles. The average Bonchev–Trinajstić information content (AvgIpc) is 3.09. The highest BCUT2D eigenvalue weighted by atomic mass is 35.5. The maximum Gasteiger partial charge on any atom is 0.413 e. The van der Waals surface area contributed by atoms with Crippen molar-refractivity contribution in [3.63, 3.8) is 0 Å². The molecule has 0 bridgehead atoms. The van der Waals surface area contributed by atoms with E-state index in [1.807, 2.05) is 12.1 Å². The largest absolute Gasteiger partial charge is 0.497 e. The van der Waals surface area contributed by atoms with Crippen LogP contribution in [0.3, 0.4) is 0 Å². The van der Waals surface area contributed by atoms with Crippen LogP contribution in [-0.2, 0) is 16.9 Å². The molecule has 0 aliphatic carbocycles. The molecule has 3 aromatic carbocycles. The fourth-order valence-corrected chi connectivity index (χ4v) is 4.03. The molecule has 0 saturated carbocycles. The van der Waals surface area contributed by atoms with E-state index in [0.717, 1.165) is 5.56 Å². The number of methoxy groups -OCH3 is 2. The van der Waals surface area contributed by atoms with Crippen LogP contribution in [0.15, 0.2) is 72.8 Å². The summed E-state index contributed by atoms with van der Waals surface area (Å²) in [5, 5.41) is 12.6. The number of benzene rings is 3. The number of carbonyl (C=O) groups excluding carboxylic acids is 1. The van der Waals surface area contributed by atoms with Gasteiger partial charge in [-0.15, -0.1) is 0 Å². The van der Waals surface area contributed by atoms with E-state index >= 15 is 0 Å². The summed E-state index contributed by atoms with van der Waals surface area (Å²) >= 11 is 5.98. The third-order valence-electron chi connectivity index (χ3n) is 5.69. The summed E-state index contributed by atoms with van der Waals surface area (Å²) in [6.07, 6.45) is -0.974. The molecule has 1 N–H and O–H groups in total. The first-order valence-electron chi connectivity index (χ1n) is 10.2. The van der Waals surface area contributed by atoms with Crippen molar-refractivity contribution in [2.75, 3.05) is 20.8 Å². The fraction of sp³-hybridized carbons (Fsp3) is 0.240. The highest BCUT2D eigenvalue weighted by Crippen LogP contribution is 2.47. The number of cyclic esters (lactones) is 1. The Balaban J connectivity index is 1.70. The second kappa shape index (κ2) is 9.10. The number of ether oxygens (including phenoxy) is 3. The zero-order valence-electron chi connectivity index (χ0n) is 17.8. The number of nitrogens with zero attached hydrogens (tertiary/aromatic N) is 1. The summed E-state index contributed by atoms with van der Waals surface area (Å²) in [4.78, 5) is 14.3. The van der Waals surface area contributed by atoms with Crippen molar-refractivity contribution < 1.29 is 24.1 Å². The summed E-state index contributed by atoms with van der Waals surface area (Å²) in [6, 6.07) is 21.5. The Morgan fingerprint density at radius 2 is 1.50 bits per heavy atom. The number of hydrogen-bond acceptors (Lipinski definition) is 5. The molecule has 1 heterocycles. The van der Waals surface area contributed by atoms with E-state index in [0.29, 0.717) is 34.1 Å². The van der Waals surface area contributed by atoms with Gasteiger partial charge in [-0.3, -0.25) is 4.90 Å². The molecule has 0 spiro atoms. The highest BCUT2D eigenvalue weighted by Gasteiger charge is 2.55. The first kappa shape index (κ1) is 22.0. The van der Waals surface area contributed by atoms with Crippen LogP contribution in [0, 0.1) is 0 Å². The van der Waals surface area contributed by atoms with E-state index in [4.69, 9.17) is 25.8 Å². The van der Waals surface area contributed by atoms with E-state index in [2.05, 4.69) is 0 Å². The van der Waals surface area contributed by atoms with Gasteiger partial charge in [-0.2, -0.15) is 0 Å². The fourth-order valence-electron chi connectivity index (χ4n) is 3.90. The quantitative estimate of drug-likeness (QED) is 0.549. The predicted octanol–water partition coefficient (Wildman–Crippen LogP) is 4.94. The molecule has 0 aromatic heterocycles. The number of rotatable bonds is 7. The summed E-state index contributed by atoms with van der Waals surface area (Å²) in [5.41, 5.74) is 0.476. The van der Waals surface area contributed by atoms with Crippen molar-refractivity contribution in [3.8, 4) is 11.5 Å².